The van der Waals surface area contributed by atoms with Gasteiger partial charge in [-0.1, -0.05) is 24.8 Å². The SMILES string of the molecule is CCSC1=C(C(=O)O)N2C(=O)C(=Cc3cccnc3)[C@H]2S1. The fourth-order valence-electron chi connectivity index (χ4n) is 2.21. The summed E-state index contributed by atoms with van der Waals surface area (Å²) in [6.45, 7) is 1.96. The van der Waals surface area contributed by atoms with Gasteiger partial charge in [0.05, 0.1) is 9.81 Å². The second-order valence-electron chi connectivity index (χ2n) is 4.41. The summed E-state index contributed by atoms with van der Waals surface area (Å²) in [5.41, 5.74) is 1.58. The van der Waals surface area contributed by atoms with Crippen LogP contribution < -0.4 is 0 Å². The van der Waals surface area contributed by atoms with E-state index in [0.717, 1.165) is 11.3 Å². The zero-order valence-electron chi connectivity index (χ0n) is 11.1. The van der Waals surface area contributed by atoms with Crippen molar-refractivity contribution in [3.63, 3.8) is 0 Å². The predicted octanol–water partition coefficient (Wildman–Crippen LogP) is 2.39. The molecule has 1 atom stereocenters. The zero-order chi connectivity index (χ0) is 15.0. The van der Waals surface area contributed by atoms with Gasteiger partial charge in [-0.3, -0.25) is 14.7 Å². The minimum Gasteiger partial charge on any atom is -0.477 e. The van der Waals surface area contributed by atoms with E-state index < -0.39 is 5.97 Å². The van der Waals surface area contributed by atoms with E-state index in [1.165, 1.54) is 28.4 Å². The van der Waals surface area contributed by atoms with E-state index in [4.69, 9.17) is 0 Å². The molecule has 5 nitrogen and oxygen atoms in total. The number of β-lactam (4-membered cyclic amide) rings is 1. The van der Waals surface area contributed by atoms with Crippen LogP contribution in [-0.4, -0.2) is 38.0 Å². The van der Waals surface area contributed by atoms with Gasteiger partial charge in [0.2, 0.25) is 0 Å². The first-order chi connectivity index (χ1) is 10.1. The monoisotopic (exact) mass is 320 g/mol. The molecule has 0 aromatic carbocycles. The molecule has 1 saturated heterocycles. The van der Waals surface area contributed by atoms with Crippen molar-refractivity contribution in [2.24, 2.45) is 0 Å². The van der Waals surface area contributed by atoms with Crippen molar-refractivity contribution in [2.75, 3.05) is 5.75 Å². The maximum Gasteiger partial charge on any atom is 0.354 e. The summed E-state index contributed by atoms with van der Waals surface area (Å²) < 4.78 is 0.706. The number of aromatic nitrogens is 1. The van der Waals surface area contributed by atoms with Gasteiger partial charge in [0.15, 0.2) is 5.70 Å². The van der Waals surface area contributed by atoms with Crippen molar-refractivity contribution < 1.29 is 14.7 Å². The van der Waals surface area contributed by atoms with Crippen LogP contribution in [0.4, 0.5) is 0 Å². The molecule has 1 amide bonds. The minimum absolute atomic E-state index is 0.116. The molecule has 0 saturated carbocycles. The number of nitrogens with zero attached hydrogens (tertiary/aromatic N) is 2. The molecule has 2 aliphatic rings. The average molecular weight is 320 g/mol. The molecular weight excluding hydrogens is 308 g/mol. The minimum atomic E-state index is -1.05. The lowest BCUT2D eigenvalue weighted by Gasteiger charge is -2.36. The van der Waals surface area contributed by atoms with Gasteiger partial charge < -0.3 is 5.11 Å². The lowest BCUT2D eigenvalue weighted by Crippen LogP contribution is -2.51. The highest BCUT2D eigenvalue weighted by molar-refractivity contribution is 8.22. The molecule has 1 fully saturated rings. The molecule has 7 heteroatoms. The summed E-state index contributed by atoms with van der Waals surface area (Å²) in [5.74, 6) is -0.509. The Kier molecular flexibility index (Phi) is 3.77. The van der Waals surface area contributed by atoms with Gasteiger partial charge in [0.1, 0.15) is 5.37 Å². The van der Waals surface area contributed by atoms with Crippen LogP contribution in [-0.2, 0) is 9.59 Å². The standard InChI is InChI=1S/C14H12N2O3S2/c1-2-20-14-10(13(18)19)16-11(17)9(12(16)21-14)6-8-4-3-5-15-7-8/h3-7,12H,2H2,1H3,(H,18,19)/t12-/m1/s1. The Morgan fingerprint density at radius 3 is 3.05 bits per heavy atom. The Labute approximate surface area is 130 Å². The third-order valence-electron chi connectivity index (χ3n) is 3.10. The van der Waals surface area contributed by atoms with E-state index in [1.54, 1.807) is 24.5 Å². The van der Waals surface area contributed by atoms with E-state index in [9.17, 15) is 14.7 Å². The van der Waals surface area contributed by atoms with Crippen molar-refractivity contribution in [3.8, 4) is 0 Å². The Bertz CT molecular complexity index is 670. The number of hydrogen-bond donors (Lipinski definition) is 1. The molecule has 0 radical (unpaired) electrons. The second kappa shape index (κ2) is 5.57. The average Bonchev–Trinajstić information content (AvgIpc) is 2.82. The predicted molar refractivity (Wildman–Crippen MR) is 83.2 cm³/mol. The lowest BCUT2D eigenvalue weighted by molar-refractivity contribution is -0.141. The smallest absolute Gasteiger partial charge is 0.354 e. The third kappa shape index (κ3) is 2.36. The van der Waals surface area contributed by atoms with Gasteiger partial charge in [0.25, 0.3) is 5.91 Å². The van der Waals surface area contributed by atoms with Crippen molar-refractivity contribution in [1.29, 1.82) is 0 Å². The molecule has 1 aromatic rings. The van der Waals surface area contributed by atoms with Crippen LogP contribution in [0.25, 0.3) is 6.08 Å². The molecule has 0 spiro atoms. The Hall–Kier alpha value is -1.73. The Morgan fingerprint density at radius 2 is 2.43 bits per heavy atom. The van der Waals surface area contributed by atoms with Crippen molar-refractivity contribution >= 4 is 41.5 Å². The fraction of sp³-hybridized carbons (Fsp3) is 0.214. The molecule has 108 valence electrons. The van der Waals surface area contributed by atoms with Crippen LogP contribution in [0.2, 0.25) is 0 Å². The Balaban J connectivity index is 1.90. The van der Waals surface area contributed by atoms with Crippen LogP contribution in [0.15, 0.2) is 40.0 Å². The van der Waals surface area contributed by atoms with Crippen LogP contribution in [0.3, 0.4) is 0 Å². The summed E-state index contributed by atoms with van der Waals surface area (Å²) in [5, 5.41) is 9.09. The largest absolute Gasteiger partial charge is 0.477 e. The first kappa shape index (κ1) is 14.2. The first-order valence-electron chi connectivity index (χ1n) is 6.35. The first-order valence-corrected chi connectivity index (χ1v) is 8.22. The number of thioether (sulfide) groups is 2. The number of aliphatic carboxylic acids is 1. The van der Waals surface area contributed by atoms with Crippen LogP contribution in [0, 0.1) is 0 Å². The molecule has 3 rings (SSSR count). The molecule has 2 aliphatic heterocycles. The maximum absolute atomic E-state index is 12.2. The van der Waals surface area contributed by atoms with E-state index in [2.05, 4.69) is 4.98 Å². The highest BCUT2D eigenvalue weighted by Gasteiger charge is 2.52. The number of hydrogen-bond acceptors (Lipinski definition) is 5. The molecular formula is C14H12N2O3S2. The van der Waals surface area contributed by atoms with E-state index in [1.807, 2.05) is 13.0 Å². The van der Waals surface area contributed by atoms with E-state index in [-0.39, 0.29) is 17.0 Å². The van der Waals surface area contributed by atoms with Gasteiger partial charge in [-0.15, -0.1) is 11.8 Å². The van der Waals surface area contributed by atoms with Crippen molar-refractivity contribution in [3.05, 3.63) is 45.6 Å². The van der Waals surface area contributed by atoms with E-state index in [0.29, 0.717) is 9.81 Å². The summed E-state index contributed by atoms with van der Waals surface area (Å²) in [6.07, 6.45) is 5.12. The number of amides is 1. The maximum atomic E-state index is 12.2. The molecule has 3 heterocycles. The van der Waals surface area contributed by atoms with Crippen LogP contribution in [0.5, 0.6) is 0 Å². The highest BCUT2D eigenvalue weighted by Crippen LogP contribution is 2.52. The summed E-state index contributed by atoms with van der Waals surface area (Å²) in [6, 6.07) is 3.66. The Morgan fingerprint density at radius 1 is 1.62 bits per heavy atom. The van der Waals surface area contributed by atoms with E-state index >= 15 is 0 Å². The summed E-state index contributed by atoms with van der Waals surface area (Å²) >= 11 is 2.89. The number of carboxylic acids is 1. The zero-order valence-corrected chi connectivity index (χ0v) is 12.8. The van der Waals surface area contributed by atoms with Gasteiger partial charge in [0, 0.05) is 12.4 Å². The molecule has 1 aromatic heterocycles. The number of pyridine rings is 1. The van der Waals surface area contributed by atoms with Crippen LogP contribution >= 0.6 is 23.5 Å². The molecule has 0 bridgehead atoms. The molecule has 21 heavy (non-hydrogen) atoms. The second-order valence-corrected chi connectivity index (χ2v) is 7.03. The molecule has 0 aliphatic carbocycles. The van der Waals surface area contributed by atoms with Gasteiger partial charge >= 0.3 is 5.97 Å². The van der Waals surface area contributed by atoms with Gasteiger partial charge in [-0.05, 0) is 23.5 Å². The number of carboxylic acid groups (broad SMARTS) is 1. The third-order valence-corrected chi connectivity index (χ3v) is 5.59. The quantitative estimate of drug-likeness (QED) is 0.678. The van der Waals surface area contributed by atoms with Gasteiger partial charge in [-0.25, -0.2) is 4.79 Å². The number of rotatable bonds is 4. The van der Waals surface area contributed by atoms with Gasteiger partial charge in [-0.2, -0.15) is 0 Å². The number of fused-ring (bicyclic) bond motifs is 1. The van der Waals surface area contributed by atoms with Crippen LogP contribution in [0.1, 0.15) is 12.5 Å². The fourth-order valence-corrected chi connectivity index (χ4v) is 4.80. The number of carbonyl (C=O) groups is 2. The topological polar surface area (TPSA) is 70.5 Å². The normalized spacial score (nSPS) is 22.5. The summed E-state index contributed by atoms with van der Waals surface area (Å²) in [4.78, 5) is 29.0. The lowest BCUT2D eigenvalue weighted by atomic mass is 10.0. The molecule has 0 unspecified atom stereocenters. The summed E-state index contributed by atoms with van der Waals surface area (Å²) in [7, 11) is 0. The van der Waals surface area contributed by atoms with Crippen molar-refractivity contribution in [2.45, 2.75) is 12.3 Å². The molecule has 1 N–H and O–H groups in total. The number of carbonyl (C=O) groups excluding carboxylic acids is 1. The van der Waals surface area contributed by atoms with Crippen molar-refractivity contribution in [1.82, 2.24) is 9.88 Å². The highest BCUT2D eigenvalue weighted by atomic mass is 32.2.